The van der Waals surface area contributed by atoms with E-state index in [1.807, 2.05) is 24.3 Å². The fourth-order valence-corrected chi connectivity index (χ4v) is 3.45. The van der Waals surface area contributed by atoms with Crippen LogP contribution in [0.25, 0.3) is 10.9 Å². The Morgan fingerprint density at radius 1 is 1.04 bits per heavy atom. The van der Waals surface area contributed by atoms with Gasteiger partial charge in [-0.3, -0.25) is 4.98 Å². The predicted molar refractivity (Wildman–Crippen MR) is 105 cm³/mol. The van der Waals surface area contributed by atoms with E-state index in [1.165, 1.54) is 26.2 Å². The second-order valence-electron chi connectivity index (χ2n) is 6.12. The number of carbonyl (C=O) groups excluding carboxylic acids is 1. The number of hydrogen-bond donors (Lipinski definition) is 2. The fraction of sp³-hybridized carbons (Fsp3) is 0.158. The van der Waals surface area contributed by atoms with Crippen molar-refractivity contribution >= 4 is 32.6 Å². The third kappa shape index (κ3) is 4.24. The highest BCUT2D eigenvalue weighted by Crippen LogP contribution is 2.20. The highest BCUT2D eigenvalue weighted by molar-refractivity contribution is 7.89. The van der Waals surface area contributed by atoms with E-state index in [-0.39, 0.29) is 17.5 Å². The molecule has 140 valence electrons. The molecule has 0 fully saturated rings. The Bertz CT molecular complexity index is 1060. The van der Waals surface area contributed by atoms with Gasteiger partial charge in [-0.1, -0.05) is 30.3 Å². The standard InChI is InChI=1S/C19H20N4O3S/c1-23(2)27(25,26)16-10-8-14(9-11-16)13-21-19(24)22-17-7-3-5-15-6-4-12-20-18(15)17/h3-12H,13H2,1-2H3,(H2,21,22,24). The number of nitrogens with one attached hydrogen (secondary N) is 2. The number of sulfonamides is 1. The Morgan fingerprint density at radius 2 is 1.74 bits per heavy atom. The zero-order valence-corrected chi connectivity index (χ0v) is 15.8. The van der Waals surface area contributed by atoms with Crippen molar-refractivity contribution < 1.29 is 13.2 Å². The van der Waals surface area contributed by atoms with Crippen LogP contribution in [0.1, 0.15) is 5.56 Å². The summed E-state index contributed by atoms with van der Waals surface area (Å²) in [5.74, 6) is 0. The van der Waals surface area contributed by atoms with Crippen LogP contribution >= 0.6 is 0 Å². The molecule has 2 N–H and O–H groups in total. The van der Waals surface area contributed by atoms with Crippen molar-refractivity contribution in [1.82, 2.24) is 14.6 Å². The summed E-state index contributed by atoms with van der Waals surface area (Å²) in [7, 11) is -0.493. The zero-order valence-electron chi connectivity index (χ0n) is 15.0. The molecule has 0 aliphatic carbocycles. The quantitative estimate of drug-likeness (QED) is 0.708. The van der Waals surface area contributed by atoms with Gasteiger partial charge in [0, 0.05) is 32.2 Å². The van der Waals surface area contributed by atoms with Crippen molar-refractivity contribution in [3.05, 3.63) is 66.4 Å². The smallest absolute Gasteiger partial charge is 0.319 e. The van der Waals surface area contributed by atoms with Crippen molar-refractivity contribution in [3.8, 4) is 0 Å². The molecule has 8 heteroatoms. The highest BCUT2D eigenvalue weighted by Gasteiger charge is 2.16. The Labute approximate surface area is 158 Å². The Balaban J connectivity index is 1.64. The van der Waals surface area contributed by atoms with E-state index in [0.29, 0.717) is 11.2 Å². The van der Waals surface area contributed by atoms with Crippen LogP contribution in [0.3, 0.4) is 0 Å². The minimum absolute atomic E-state index is 0.211. The van der Waals surface area contributed by atoms with Crippen LogP contribution < -0.4 is 10.6 Å². The average molecular weight is 384 g/mol. The number of benzene rings is 2. The average Bonchev–Trinajstić information content (AvgIpc) is 2.67. The van der Waals surface area contributed by atoms with Gasteiger partial charge in [-0.25, -0.2) is 17.5 Å². The first-order chi connectivity index (χ1) is 12.9. The van der Waals surface area contributed by atoms with E-state index in [0.717, 1.165) is 15.3 Å². The lowest BCUT2D eigenvalue weighted by molar-refractivity contribution is 0.252. The number of urea groups is 1. The molecule has 0 spiro atoms. The molecular formula is C19H20N4O3S. The van der Waals surface area contributed by atoms with Gasteiger partial charge >= 0.3 is 6.03 Å². The topological polar surface area (TPSA) is 91.4 Å². The second-order valence-corrected chi connectivity index (χ2v) is 8.27. The SMILES string of the molecule is CN(C)S(=O)(=O)c1ccc(CNC(=O)Nc2cccc3cccnc23)cc1. The number of rotatable bonds is 5. The minimum Gasteiger partial charge on any atom is -0.334 e. The van der Waals surface area contributed by atoms with Crippen LogP contribution in [0.4, 0.5) is 10.5 Å². The number of hydrogen-bond acceptors (Lipinski definition) is 4. The molecule has 0 saturated heterocycles. The normalized spacial score (nSPS) is 11.5. The third-order valence-electron chi connectivity index (χ3n) is 4.04. The van der Waals surface area contributed by atoms with Crippen molar-refractivity contribution in [1.29, 1.82) is 0 Å². The van der Waals surface area contributed by atoms with Gasteiger partial charge in [-0.2, -0.15) is 0 Å². The third-order valence-corrected chi connectivity index (χ3v) is 5.87. The first-order valence-electron chi connectivity index (χ1n) is 8.28. The Kier molecular flexibility index (Phi) is 5.38. The molecule has 1 aromatic heterocycles. The summed E-state index contributed by atoms with van der Waals surface area (Å²) < 4.78 is 25.3. The summed E-state index contributed by atoms with van der Waals surface area (Å²) in [6, 6.07) is 15.4. The summed E-state index contributed by atoms with van der Waals surface area (Å²) in [4.78, 5) is 16.7. The van der Waals surface area contributed by atoms with Gasteiger partial charge in [0.05, 0.1) is 16.1 Å². The van der Waals surface area contributed by atoms with Crippen molar-refractivity contribution in [2.75, 3.05) is 19.4 Å². The summed E-state index contributed by atoms with van der Waals surface area (Å²) >= 11 is 0. The maximum absolute atomic E-state index is 12.2. The number of pyridine rings is 1. The van der Waals surface area contributed by atoms with Gasteiger partial charge in [0.15, 0.2) is 0 Å². The predicted octanol–water partition coefficient (Wildman–Crippen LogP) is 2.81. The van der Waals surface area contributed by atoms with Gasteiger partial charge in [0.2, 0.25) is 10.0 Å². The molecule has 0 bridgehead atoms. The van der Waals surface area contributed by atoms with Crippen molar-refractivity contribution in [2.24, 2.45) is 0 Å². The minimum atomic E-state index is -3.46. The molecule has 3 aromatic rings. The molecule has 0 radical (unpaired) electrons. The summed E-state index contributed by atoms with van der Waals surface area (Å²) in [6.45, 7) is 0.270. The second kappa shape index (κ2) is 7.73. The monoisotopic (exact) mass is 384 g/mol. The maximum atomic E-state index is 12.2. The largest absolute Gasteiger partial charge is 0.334 e. The first kappa shape index (κ1) is 18.8. The van der Waals surface area contributed by atoms with Crippen molar-refractivity contribution in [2.45, 2.75) is 11.4 Å². The highest BCUT2D eigenvalue weighted by atomic mass is 32.2. The van der Waals surface area contributed by atoms with Crippen LogP contribution in [0.15, 0.2) is 65.7 Å². The summed E-state index contributed by atoms with van der Waals surface area (Å²) in [6.07, 6.45) is 1.68. The number of amides is 2. The molecular weight excluding hydrogens is 364 g/mol. The lowest BCUT2D eigenvalue weighted by Crippen LogP contribution is -2.28. The van der Waals surface area contributed by atoms with Crippen LogP contribution in [-0.4, -0.2) is 37.8 Å². The Morgan fingerprint density at radius 3 is 2.44 bits per heavy atom. The van der Waals surface area contributed by atoms with E-state index in [2.05, 4.69) is 15.6 Å². The van der Waals surface area contributed by atoms with Crippen molar-refractivity contribution in [3.63, 3.8) is 0 Å². The lowest BCUT2D eigenvalue weighted by Gasteiger charge is -2.12. The van der Waals surface area contributed by atoms with Gasteiger partial charge < -0.3 is 10.6 Å². The molecule has 0 atom stereocenters. The molecule has 0 aliphatic rings. The number of anilines is 1. The van der Waals surface area contributed by atoms with E-state index in [4.69, 9.17) is 0 Å². The number of carbonyl (C=O) groups is 1. The summed E-state index contributed by atoms with van der Waals surface area (Å²) in [5, 5.41) is 6.48. The maximum Gasteiger partial charge on any atom is 0.319 e. The zero-order chi connectivity index (χ0) is 19.4. The molecule has 0 saturated carbocycles. The molecule has 7 nitrogen and oxygen atoms in total. The van der Waals surface area contributed by atoms with Crippen LogP contribution in [-0.2, 0) is 16.6 Å². The van der Waals surface area contributed by atoms with E-state index in [9.17, 15) is 13.2 Å². The number of aromatic nitrogens is 1. The molecule has 2 aromatic carbocycles. The number of nitrogens with zero attached hydrogens (tertiary/aromatic N) is 2. The Hall–Kier alpha value is -2.97. The molecule has 3 rings (SSSR count). The van der Waals surface area contributed by atoms with Gasteiger partial charge in [-0.15, -0.1) is 0 Å². The van der Waals surface area contributed by atoms with Crippen LogP contribution in [0.2, 0.25) is 0 Å². The van der Waals surface area contributed by atoms with E-state index in [1.54, 1.807) is 24.4 Å². The number of fused-ring (bicyclic) bond motifs is 1. The number of para-hydroxylation sites is 1. The molecule has 1 heterocycles. The lowest BCUT2D eigenvalue weighted by atomic mass is 10.2. The van der Waals surface area contributed by atoms with E-state index < -0.39 is 10.0 Å². The van der Waals surface area contributed by atoms with E-state index >= 15 is 0 Å². The van der Waals surface area contributed by atoms with Crippen LogP contribution in [0, 0.1) is 0 Å². The van der Waals surface area contributed by atoms with Gasteiger partial charge in [-0.05, 0) is 29.8 Å². The molecule has 0 aliphatic heterocycles. The molecule has 0 unspecified atom stereocenters. The van der Waals surface area contributed by atoms with Gasteiger partial charge in [0.1, 0.15) is 0 Å². The van der Waals surface area contributed by atoms with Crippen LogP contribution in [0.5, 0.6) is 0 Å². The molecule has 2 amide bonds. The first-order valence-corrected chi connectivity index (χ1v) is 9.72. The summed E-state index contributed by atoms with van der Waals surface area (Å²) in [5.41, 5.74) is 2.13. The molecule has 27 heavy (non-hydrogen) atoms. The fourth-order valence-electron chi connectivity index (χ4n) is 2.54. The van der Waals surface area contributed by atoms with Gasteiger partial charge in [0.25, 0.3) is 0 Å².